The van der Waals surface area contributed by atoms with E-state index in [1.54, 1.807) is 0 Å². The molecule has 0 fully saturated rings. The van der Waals surface area contributed by atoms with Crippen LogP contribution in [0, 0.1) is 17.0 Å². The van der Waals surface area contributed by atoms with E-state index in [9.17, 15) is 33.2 Å². The average molecular weight is 414 g/mol. The summed E-state index contributed by atoms with van der Waals surface area (Å²) in [5.41, 5.74) is -3.35. The van der Waals surface area contributed by atoms with E-state index >= 15 is 0 Å². The summed E-state index contributed by atoms with van der Waals surface area (Å²) in [6.07, 6.45) is -5.99. The van der Waals surface area contributed by atoms with E-state index in [4.69, 9.17) is 0 Å². The Hall–Kier alpha value is -2.02. The van der Waals surface area contributed by atoms with Gasteiger partial charge in [0.15, 0.2) is 0 Å². The first-order valence-electron chi connectivity index (χ1n) is 6.42. The van der Waals surface area contributed by atoms with Crippen LogP contribution < -0.4 is 0 Å². The topological polar surface area (TPSA) is 114 Å². The van der Waals surface area contributed by atoms with Gasteiger partial charge in [-0.2, -0.15) is 28.0 Å². The average Bonchev–Trinajstić information content (AvgIpc) is 2.90. The Morgan fingerprint density at radius 2 is 2.08 bits per heavy atom. The number of alkyl halides is 3. The first-order valence-corrected chi connectivity index (χ1v) is 7.21. The molecule has 2 rings (SSSR count). The molecule has 1 aromatic rings. The molecule has 1 aliphatic rings. The van der Waals surface area contributed by atoms with Crippen molar-refractivity contribution in [2.75, 3.05) is 0 Å². The van der Waals surface area contributed by atoms with Gasteiger partial charge in [0.1, 0.15) is 11.0 Å². The van der Waals surface area contributed by atoms with Gasteiger partial charge in [0.05, 0.1) is 10.8 Å². The van der Waals surface area contributed by atoms with Crippen LogP contribution >= 0.6 is 15.9 Å². The Labute approximate surface area is 141 Å². The van der Waals surface area contributed by atoms with Gasteiger partial charge in [0.25, 0.3) is 11.6 Å². The third-order valence-electron chi connectivity index (χ3n) is 3.39. The molecule has 1 amide bonds. The van der Waals surface area contributed by atoms with Gasteiger partial charge in [-0.1, -0.05) is 0 Å². The second-order valence-electron chi connectivity index (χ2n) is 5.17. The predicted molar refractivity (Wildman–Crippen MR) is 76.9 cm³/mol. The van der Waals surface area contributed by atoms with Crippen molar-refractivity contribution in [3.05, 3.63) is 20.3 Å². The van der Waals surface area contributed by atoms with Crippen molar-refractivity contribution >= 4 is 33.4 Å². The first-order chi connectivity index (χ1) is 10.9. The largest absolute Gasteiger partial charge is 0.438 e. The fourth-order valence-corrected chi connectivity index (χ4v) is 2.61. The molecule has 0 bridgehead atoms. The number of hydrogen-bond acceptors (Lipinski definition) is 6. The van der Waals surface area contributed by atoms with Crippen LogP contribution in [0.5, 0.6) is 0 Å². The summed E-state index contributed by atoms with van der Waals surface area (Å²) in [5, 5.41) is 27.6. The molecule has 2 heterocycles. The molecule has 9 nitrogen and oxygen atoms in total. The molecule has 0 saturated heterocycles. The third-order valence-corrected chi connectivity index (χ3v) is 4.32. The standard InChI is InChI=1S/C11H11BrF3N5O4/c1-5-3-10(22,11(13,14)15)19(16-5)7(21)4-18-6(2)8(12)9(17-18)20(23)24/h22H,3-4H2,1-2H3/t10-/m1/s1. The van der Waals surface area contributed by atoms with E-state index in [2.05, 4.69) is 26.1 Å². The van der Waals surface area contributed by atoms with Gasteiger partial charge in [0, 0.05) is 12.1 Å². The maximum absolute atomic E-state index is 13.1. The monoisotopic (exact) mass is 413 g/mol. The predicted octanol–water partition coefficient (Wildman–Crippen LogP) is 1.72. The zero-order valence-electron chi connectivity index (χ0n) is 12.3. The van der Waals surface area contributed by atoms with E-state index < -0.39 is 41.5 Å². The first kappa shape index (κ1) is 18.3. The molecule has 0 radical (unpaired) electrons. The molecule has 1 aliphatic heterocycles. The summed E-state index contributed by atoms with van der Waals surface area (Å²) in [7, 11) is 0. The van der Waals surface area contributed by atoms with E-state index in [0.29, 0.717) is 0 Å². The number of amides is 1. The van der Waals surface area contributed by atoms with Gasteiger partial charge >= 0.3 is 12.0 Å². The smallest absolute Gasteiger partial charge is 0.362 e. The molecule has 0 aromatic carbocycles. The zero-order valence-corrected chi connectivity index (χ0v) is 13.9. The van der Waals surface area contributed by atoms with Crippen molar-refractivity contribution in [2.45, 2.75) is 38.7 Å². The van der Waals surface area contributed by atoms with Crippen LogP contribution in [0.1, 0.15) is 19.0 Å². The molecule has 13 heteroatoms. The molecule has 1 atom stereocenters. The number of carbonyl (C=O) groups is 1. The molecular weight excluding hydrogens is 403 g/mol. The van der Waals surface area contributed by atoms with Crippen LogP contribution in [-0.4, -0.2) is 48.3 Å². The van der Waals surface area contributed by atoms with Crippen molar-refractivity contribution in [3.8, 4) is 0 Å². The fraction of sp³-hybridized carbons (Fsp3) is 0.545. The van der Waals surface area contributed by atoms with Crippen LogP contribution in [0.25, 0.3) is 0 Å². The molecule has 24 heavy (non-hydrogen) atoms. The van der Waals surface area contributed by atoms with Gasteiger partial charge < -0.3 is 15.2 Å². The van der Waals surface area contributed by atoms with E-state index in [1.165, 1.54) is 13.8 Å². The molecular formula is C11H11BrF3N5O4. The second kappa shape index (κ2) is 5.81. The van der Waals surface area contributed by atoms with E-state index in [-0.39, 0.29) is 20.9 Å². The fourth-order valence-electron chi connectivity index (χ4n) is 2.18. The number of nitro groups is 1. The number of aliphatic hydroxyl groups is 1. The van der Waals surface area contributed by atoms with Crippen LogP contribution in [0.2, 0.25) is 0 Å². The summed E-state index contributed by atoms with van der Waals surface area (Å²) >= 11 is 2.93. The molecule has 0 aliphatic carbocycles. The van der Waals surface area contributed by atoms with E-state index in [1.807, 2.05) is 0 Å². The van der Waals surface area contributed by atoms with E-state index in [0.717, 1.165) is 4.68 Å². The van der Waals surface area contributed by atoms with Crippen LogP contribution in [0.4, 0.5) is 19.0 Å². The minimum absolute atomic E-state index is 0.00693. The highest BCUT2D eigenvalue weighted by Gasteiger charge is 2.62. The van der Waals surface area contributed by atoms with Crippen molar-refractivity contribution in [1.82, 2.24) is 14.8 Å². The van der Waals surface area contributed by atoms with Crippen LogP contribution in [0.15, 0.2) is 9.57 Å². The molecule has 132 valence electrons. The van der Waals surface area contributed by atoms with Gasteiger partial charge in [-0.3, -0.25) is 4.79 Å². The van der Waals surface area contributed by atoms with Crippen molar-refractivity contribution in [3.63, 3.8) is 0 Å². The maximum Gasteiger partial charge on any atom is 0.438 e. The SMILES string of the molecule is CC1=NN(C(=O)Cn2nc([N+](=O)[O-])c(Br)c2C)[C@](O)(C(F)(F)F)C1. The highest BCUT2D eigenvalue weighted by Crippen LogP contribution is 2.40. The van der Waals surface area contributed by atoms with Crippen molar-refractivity contribution < 1.29 is 28.0 Å². The Morgan fingerprint density at radius 3 is 2.54 bits per heavy atom. The van der Waals surface area contributed by atoms with Crippen molar-refractivity contribution in [1.29, 1.82) is 0 Å². The lowest BCUT2D eigenvalue weighted by Crippen LogP contribution is -2.57. The summed E-state index contributed by atoms with van der Waals surface area (Å²) in [6, 6.07) is 0. The highest BCUT2D eigenvalue weighted by atomic mass is 79.9. The van der Waals surface area contributed by atoms with Crippen LogP contribution in [0.3, 0.4) is 0 Å². The molecule has 0 unspecified atom stereocenters. The Bertz CT molecular complexity index is 747. The number of aromatic nitrogens is 2. The Balaban J connectivity index is 2.33. The lowest BCUT2D eigenvalue weighted by atomic mass is 10.1. The molecule has 1 N–H and O–H groups in total. The number of rotatable bonds is 3. The number of halogens is 4. The quantitative estimate of drug-likeness (QED) is 0.598. The number of hydrogen-bond donors (Lipinski definition) is 1. The summed E-state index contributed by atoms with van der Waals surface area (Å²) < 4.78 is 40.1. The minimum atomic E-state index is -5.12. The number of nitrogens with zero attached hydrogens (tertiary/aromatic N) is 5. The Kier molecular flexibility index (Phi) is 4.43. The second-order valence-corrected chi connectivity index (χ2v) is 5.96. The molecule has 0 saturated carbocycles. The number of hydrazone groups is 1. The summed E-state index contributed by atoms with van der Waals surface area (Å²) in [4.78, 5) is 22.2. The van der Waals surface area contributed by atoms with Gasteiger partial charge in [-0.15, -0.1) is 0 Å². The lowest BCUT2D eigenvalue weighted by molar-refractivity contribution is -0.390. The lowest BCUT2D eigenvalue weighted by Gasteiger charge is -2.32. The zero-order chi connectivity index (χ0) is 18.4. The molecule has 1 aromatic heterocycles. The highest BCUT2D eigenvalue weighted by molar-refractivity contribution is 9.10. The van der Waals surface area contributed by atoms with Gasteiger partial charge in [-0.25, -0.2) is 0 Å². The van der Waals surface area contributed by atoms with Gasteiger partial charge in [0.2, 0.25) is 0 Å². The van der Waals surface area contributed by atoms with Gasteiger partial charge in [-0.05, 0) is 34.7 Å². The minimum Gasteiger partial charge on any atom is -0.362 e. The summed E-state index contributed by atoms with van der Waals surface area (Å²) in [6.45, 7) is 1.88. The normalized spacial score (nSPS) is 21.1. The summed E-state index contributed by atoms with van der Waals surface area (Å²) in [5.74, 6) is -1.79. The van der Waals surface area contributed by atoms with Crippen molar-refractivity contribution in [2.24, 2.45) is 5.10 Å². The van der Waals surface area contributed by atoms with Crippen LogP contribution in [-0.2, 0) is 11.3 Å². The Morgan fingerprint density at radius 1 is 1.50 bits per heavy atom. The maximum atomic E-state index is 13.1. The third kappa shape index (κ3) is 2.88. The number of carbonyl (C=O) groups excluding carboxylic acids is 1. The molecule has 0 spiro atoms.